The largest absolute Gasteiger partial charge is 0.360 e. The van der Waals surface area contributed by atoms with Crippen molar-refractivity contribution in [2.75, 3.05) is 10.6 Å². The normalized spacial score (nSPS) is 10.3. The zero-order valence-corrected chi connectivity index (χ0v) is 13.2. The summed E-state index contributed by atoms with van der Waals surface area (Å²) in [6.45, 7) is 1.71. The quantitative estimate of drug-likeness (QED) is 0.760. The molecule has 0 saturated carbocycles. The van der Waals surface area contributed by atoms with Gasteiger partial charge in [0.25, 0.3) is 11.8 Å². The number of amides is 2. The molecule has 3 aromatic rings. The number of hydrogen-bond acceptors (Lipinski definition) is 4. The average molecular weight is 339 g/mol. The number of carbonyl (C=O) groups excluding carboxylic acids is 2. The van der Waals surface area contributed by atoms with Crippen LogP contribution in [0.1, 0.15) is 26.5 Å². The highest BCUT2D eigenvalue weighted by atomic mass is 19.1. The number of para-hydroxylation sites is 1. The van der Waals surface area contributed by atoms with Gasteiger partial charge < -0.3 is 15.2 Å². The molecule has 0 aliphatic rings. The van der Waals surface area contributed by atoms with E-state index in [-0.39, 0.29) is 11.6 Å². The van der Waals surface area contributed by atoms with Crippen LogP contribution in [0, 0.1) is 12.7 Å². The molecule has 0 aliphatic heterocycles. The van der Waals surface area contributed by atoms with Crippen LogP contribution in [0.25, 0.3) is 0 Å². The molecule has 0 unspecified atom stereocenters. The lowest BCUT2D eigenvalue weighted by Crippen LogP contribution is -2.15. The molecule has 0 atom stereocenters. The Bertz CT molecular complexity index is 919. The maximum Gasteiger partial charge on any atom is 0.256 e. The number of nitrogens with one attached hydrogen (secondary N) is 2. The van der Waals surface area contributed by atoms with Crippen LogP contribution in [0.15, 0.2) is 59.1 Å². The molecule has 2 aromatic carbocycles. The first-order valence-electron chi connectivity index (χ1n) is 7.43. The summed E-state index contributed by atoms with van der Waals surface area (Å²) in [5, 5.41) is 8.74. The summed E-state index contributed by atoms with van der Waals surface area (Å²) in [5.74, 6) is -0.479. The van der Waals surface area contributed by atoms with Gasteiger partial charge in [0.1, 0.15) is 11.6 Å². The van der Waals surface area contributed by atoms with Gasteiger partial charge in [-0.25, -0.2) is 4.39 Å². The maximum atomic E-state index is 13.6. The van der Waals surface area contributed by atoms with E-state index in [2.05, 4.69) is 15.8 Å². The zero-order chi connectivity index (χ0) is 17.8. The monoisotopic (exact) mass is 339 g/mol. The van der Waals surface area contributed by atoms with E-state index in [4.69, 9.17) is 4.52 Å². The molecule has 0 radical (unpaired) electrons. The minimum absolute atomic E-state index is 0.0933. The molecule has 0 fully saturated rings. The third kappa shape index (κ3) is 3.89. The van der Waals surface area contributed by atoms with E-state index in [9.17, 15) is 14.0 Å². The smallest absolute Gasteiger partial charge is 0.256 e. The summed E-state index contributed by atoms with van der Waals surface area (Å²) in [6, 6.07) is 13.4. The van der Waals surface area contributed by atoms with E-state index in [1.807, 2.05) is 0 Å². The molecular weight excluding hydrogens is 325 g/mol. The van der Waals surface area contributed by atoms with Gasteiger partial charge in [-0.05, 0) is 43.3 Å². The second kappa shape index (κ2) is 6.96. The molecule has 3 rings (SSSR count). The Kier molecular flexibility index (Phi) is 4.56. The van der Waals surface area contributed by atoms with Crippen LogP contribution >= 0.6 is 0 Å². The third-order valence-electron chi connectivity index (χ3n) is 3.40. The van der Waals surface area contributed by atoms with Crippen molar-refractivity contribution < 1.29 is 18.5 Å². The predicted octanol–water partition coefficient (Wildman–Crippen LogP) is 3.63. The first-order chi connectivity index (χ1) is 12.0. The second-order valence-electron chi connectivity index (χ2n) is 5.29. The summed E-state index contributed by atoms with van der Waals surface area (Å²) in [6.07, 6.45) is 0. The second-order valence-corrected chi connectivity index (χ2v) is 5.29. The van der Waals surface area contributed by atoms with E-state index in [0.717, 1.165) is 0 Å². The van der Waals surface area contributed by atoms with Crippen LogP contribution in [-0.4, -0.2) is 17.0 Å². The standard InChI is InChI=1S/C18H14FN3O3/c1-11-10-16(22-25-11)21-18(24)13-8-6-12(7-9-13)17(23)20-15-5-3-2-4-14(15)19/h2-10H,1H3,(H,20,23)(H,21,22,24). The van der Waals surface area contributed by atoms with Gasteiger partial charge in [0, 0.05) is 17.2 Å². The Hall–Kier alpha value is -3.48. The average Bonchev–Trinajstić information content (AvgIpc) is 3.02. The Morgan fingerprint density at radius 3 is 2.12 bits per heavy atom. The lowest BCUT2D eigenvalue weighted by Gasteiger charge is -2.07. The zero-order valence-electron chi connectivity index (χ0n) is 13.2. The lowest BCUT2D eigenvalue weighted by molar-refractivity contribution is 0.101. The molecule has 0 saturated heterocycles. The van der Waals surface area contributed by atoms with Crippen molar-refractivity contribution in [3.05, 3.63) is 77.3 Å². The number of halogens is 1. The minimum Gasteiger partial charge on any atom is -0.360 e. The fraction of sp³-hybridized carbons (Fsp3) is 0.0556. The van der Waals surface area contributed by atoms with E-state index >= 15 is 0 Å². The van der Waals surface area contributed by atoms with Crippen LogP contribution < -0.4 is 10.6 Å². The highest BCUT2D eigenvalue weighted by Crippen LogP contribution is 2.15. The number of anilines is 2. The van der Waals surface area contributed by atoms with Crippen molar-refractivity contribution in [2.45, 2.75) is 6.92 Å². The lowest BCUT2D eigenvalue weighted by atomic mass is 10.1. The Morgan fingerprint density at radius 1 is 0.960 bits per heavy atom. The molecule has 7 heteroatoms. The molecule has 1 aromatic heterocycles. The van der Waals surface area contributed by atoms with Crippen molar-refractivity contribution >= 4 is 23.3 Å². The first-order valence-corrected chi connectivity index (χ1v) is 7.43. The Morgan fingerprint density at radius 2 is 1.56 bits per heavy atom. The molecule has 25 heavy (non-hydrogen) atoms. The van der Waals surface area contributed by atoms with Gasteiger partial charge in [0.2, 0.25) is 0 Å². The van der Waals surface area contributed by atoms with Crippen molar-refractivity contribution in [1.82, 2.24) is 5.16 Å². The van der Waals surface area contributed by atoms with Gasteiger partial charge in [-0.2, -0.15) is 0 Å². The minimum atomic E-state index is -0.519. The summed E-state index contributed by atoms with van der Waals surface area (Å²) in [7, 11) is 0. The summed E-state index contributed by atoms with van der Waals surface area (Å²) in [4.78, 5) is 24.2. The number of aromatic nitrogens is 1. The van der Waals surface area contributed by atoms with E-state index in [1.165, 1.54) is 42.5 Å². The van der Waals surface area contributed by atoms with Gasteiger partial charge in [0.05, 0.1) is 5.69 Å². The van der Waals surface area contributed by atoms with Crippen LogP contribution in [0.5, 0.6) is 0 Å². The SMILES string of the molecule is Cc1cc(NC(=O)c2ccc(C(=O)Nc3ccccc3F)cc2)no1. The van der Waals surface area contributed by atoms with Crippen molar-refractivity contribution in [1.29, 1.82) is 0 Å². The summed E-state index contributed by atoms with van der Waals surface area (Å²) < 4.78 is 18.4. The number of rotatable bonds is 4. The molecule has 0 bridgehead atoms. The van der Waals surface area contributed by atoms with E-state index in [0.29, 0.717) is 22.7 Å². The fourth-order valence-electron chi connectivity index (χ4n) is 2.14. The van der Waals surface area contributed by atoms with Gasteiger partial charge in [-0.3, -0.25) is 9.59 Å². The molecule has 0 aliphatic carbocycles. The number of carbonyl (C=O) groups is 2. The van der Waals surface area contributed by atoms with E-state index < -0.39 is 11.7 Å². The Labute approximate surface area is 142 Å². The van der Waals surface area contributed by atoms with Crippen LogP contribution in [0.2, 0.25) is 0 Å². The van der Waals surface area contributed by atoms with E-state index in [1.54, 1.807) is 19.1 Å². The van der Waals surface area contributed by atoms with Gasteiger partial charge in [0.15, 0.2) is 5.82 Å². The predicted molar refractivity (Wildman–Crippen MR) is 90.0 cm³/mol. The van der Waals surface area contributed by atoms with Crippen molar-refractivity contribution in [3.8, 4) is 0 Å². The number of nitrogens with zero attached hydrogens (tertiary/aromatic N) is 1. The number of hydrogen-bond donors (Lipinski definition) is 2. The molecule has 1 heterocycles. The topological polar surface area (TPSA) is 84.2 Å². The molecule has 2 amide bonds. The van der Waals surface area contributed by atoms with Gasteiger partial charge in [-0.1, -0.05) is 17.3 Å². The van der Waals surface area contributed by atoms with Crippen molar-refractivity contribution in [2.24, 2.45) is 0 Å². The summed E-state index contributed by atoms with van der Waals surface area (Å²) in [5.41, 5.74) is 0.746. The van der Waals surface area contributed by atoms with Crippen molar-refractivity contribution in [3.63, 3.8) is 0 Å². The molecule has 6 nitrogen and oxygen atoms in total. The third-order valence-corrected chi connectivity index (χ3v) is 3.40. The van der Waals surface area contributed by atoms with Crippen LogP contribution in [0.3, 0.4) is 0 Å². The molecule has 2 N–H and O–H groups in total. The first kappa shape index (κ1) is 16.4. The highest BCUT2D eigenvalue weighted by Gasteiger charge is 2.12. The summed E-state index contributed by atoms with van der Waals surface area (Å²) >= 11 is 0. The van der Waals surface area contributed by atoms with Gasteiger partial charge in [-0.15, -0.1) is 0 Å². The number of benzene rings is 2. The molecule has 126 valence electrons. The van der Waals surface area contributed by atoms with Crippen LogP contribution in [0.4, 0.5) is 15.9 Å². The maximum absolute atomic E-state index is 13.6. The fourth-order valence-corrected chi connectivity index (χ4v) is 2.14. The van der Waals surface area contributed by atoms with Gasteiger partial charge >= 0.3 is 0 Å². The Balaban J connectivity index is 1.68. The molecule has 0 spiro atoms. The highest BCUT2D eigenvalue weighted by molar-refractivity contribution is 6.07. The molecular formula is C18H14FN3O3. The van der Waals surface area contributed by atoms with Crippen LogP contribution in [-0.2, 0) is 0 Å². The number of aryl methyl sites for hydroxylation is 1.